The van der Waals surface area contributed by atoms with Crippen molar-refractivity contribution in [3.8, 4) is 0 Å². The minimum atomic E-state index is -3.36. The van der Waals surface area contributed by atoms with Crippen molar-refractivity contribution in [2.24, 2.45) is 11.8 Å². The molecule has 30 heavy (non-hydrogen) atoms. The SMILES string of the molecule is CCCN1C[C@@]2(NS1(=O)=O)[C@@H]1CC[C@H]2Cc2cc(CCc3cccnc3)ccc2C1. The van der Waals surface area contributed by atoms with Gasteiger partial charge in [-0.15, -0.1) is 0 Å². The summed E-state index contributed by atoms with van der Waals surface area (Å²) < 4.78 is 30.5. The lowest BCUT2D eigenvalue weighted by Gasteiger charge is -2.33. The van der Waals surface area contributed by atoms with Crippen molar-refractivity contribution in [2.45, 2.75) is 57.4 Å². The Labute approximate surface area is 180 Å². The van der Waals surface area contributed by atoms with Crippen molar-refractivity contribution in [1.82, 2.24) is 14.0 Å². The molecule has 2 heterocycles. The topological polar surface area (TPSA) is 62.3 Å². The third kappa shape index (κ3) is 3.49. The van der Waals surface area contributed by atoms with Gasteiger partial charge in [-0.2, -0.15) is 17.4 Å². The molecule has 2 bridgehead atoms. The third-order valence-corrected chi connectivity index (χ3v) is 9.15. The van der Waals surface area contributed by atoms with Gasteiger partial charge in [0.05, 0.1) is 5.54 Å². The number of aryl methyl sites for hydroxylation is 2. The van der Waals surface area contributed by atoms with Crippen LogP contribution in [-0.4, -0.2) is 36.3 Å². The second kappa shape index (κ2) is 7.74. The van der Waals surface area contributed by atoms with E-state index < -0.39 is 10.2 Å². The zero-order valence-electron chi connectivity index (χ0n) is 17.7. The van der Waals surface area contributed by atoms with Crippen LogP contribution in [0.3, 0.4) is 0 Å². The molecule has 6 heteroatoms. The number of aromatic nitrogens is 1. The Bertz CT molecular complexity index is 1020. The van der Waals surface area contributed by atoms with Gasteiger partial charge in [0, 0.05) is 25.5 Å². The van der Waals surface area contributed by atoms with Crippen LogP contribution in [0.5, 0.6) is 0 Å². The van der Waals surface area contributed by atoms with Gasteiger partial charge < -0.3 is 0 Å². The number of nitrogens with zero attached hydrogens (tertiary/aromatic N) is 2. The molecule has 3 aliphatic rings. The number of nitrogens with one attached hydrogen (secondary N) is 1. The average Bonchev–Trinajstić information content (AvgIpc) is 3.13. The fourth-order valence-corrected chi connectivity index (χ4v) is 7.81. The highest BCUT2D eigenvalue weighted by Gasteiger charge is 2.59. The highest BCUT2D eigenvalue weighted by molar-refractivity contribution is 7.87. The third-order valence-electron chi connectivity index (χ3n) is 7.52. The molecular weight excluding hydrogens is 394 g/mol. The zero-order valence-corrected chi connectivity index (χ0v) is 18.5. The van der Waals surface area contributed by atoms with Gasteiger partial charge in [0.25, 0.3) is 10.2 Å². The van der Waals surface area contributed by atoms with Crippen LogP contribution in [-0.2, 0) is 35.9 Å². The zero-order chi connectivity index (χ0) is 20.8. The summed E-state index contributed by atoms with van der Waals surface area (Å²) in [6, 6.07) is 11.1. The number of hydrogen-bond acceptors (Lipinski definition) is 3. The first-order valence-electron chi connectivity index (χ1n) is 11.3. The van der Waals surface area contributed by atoms with Crippen molar-refractivity contribution in [3.63, 3.8) is 0 Å². The predicted octanol–water partition coefficient (Wildman–Crippen LogP) is 3.29. The highest BCUT2D eigenvalue weighted by atomic mass is 32.2. The summed E-state index contributed by atoms with van der Waals surface area (Å²) >= 11 is 0. The van der Waals surface area contributed by atoms with Crippen LogP contribution in [0.4, 0.5) is 0 Å². The Morgan fingerprint density at radius 1 is 1.10 bits per heavy atom. The standard InChI is InChI=1S/C24H31N3O2S/c1-2-12-27-17-24(26-30(27,28)29)22-9-10-23(24)15-21-13-18(7-8-20(21)14-22)5-6-19-4-3-11-25-16-19/h3-4,7-8,11,13,16,22-23,26H,2,5-6,9-10,12,14-15,17H2,1H3/t22-,23+,24-/m1/s1. The number of rotatable bonds is 5. The molecule has 1 N–H and O–H groups in total. The molecule has 0 radical (unpaired) electrons. The summed E-state index contributed by atoms with van der Waals surface area (Å²) in [6.45, 7) is 3.30. The quantitative estimate of drug-likeness (QED) is 0.800. The normalized spacial score (nSPS) is 29.8. The van der Waals surface area contributed by atoms with E-state index in [4.69, 9.17) is 0 Å². The summed E-state index contributed by atoms with van der Waals surface area (Å²) in [5.41, 5.74) is 5.19. The van der Waals surface area contributed by atoms with Crippen LogP contribution in [0.2, 0.25) is 0 Å². The van der Waals surface area contributed by atoms with E-state index in [1.165, 1.54) is 22.3 Å². The van der Waals surface area contributed by atoms with Gasteiger partial charge in [-0.25, -0.2) is 0 Å². The van der Waals surface area contributed by atoms with Crippen LogP contribution in [0.25, 0.3) is 0 Å². The molecule has 2 aliphatic carbocycles. The molecule has 1 spiro atoms. The van der Waals surface area contributed by atoms with Gasteiger partial charge in [-0.05, 0) is 85.1 Å². The maximum Gasteiger partial charge on any atom is 0.280 e. The minimum Gasteiger partial charge on any atom is -0.264 e. The van der Waals surface area contributed by atoms with Crippen molar-refractivity contribution < 1.29 is 8.42 Å². The number of pyridine rings is 1. The van der Waals surface area contributed by atoms with Crippen LogP contribution in [0.1, 0.15) is 48.4 Å². The number of hydrogen-bond donors (Lipinski definition) is 1. The molecule has 0 unspecified atom stereocenters. The van der Waals surface area contributed by atoms with Gasteiger partial charge >= 0.3 is 0 Å². The van der Waals surface area contributed by atoms with Crippen LogP contribution in [0.15, 0.2) is 42.7 Å². The highest BCUT2D eigenvalue weighted by Crippen LogP contribution is 2.50. The smallest absolute Gasteiger partial charge is 0.264 e. The van der Waals surface area contributed by atoms with Gasteiger partial charge in [-0.1, -0.05) is 31.2 Å². The van der Waals surface area contributed by atoms with Gasteiger partial charge in [0.2, 0.25) is 0 Å². The lowest BCUT2D eigenvalue weighted by atomic mass is 9.79. The van der Waals surface area contributed by atoms with Crippen LogP contribution in [0, 0.1) is 11.8 Å². The largest absolute Gasteiger partial charge is 0.280 e. The molecule has 3 atom stereocenters. The van der Waals surface area contributed by atoms with Crippen molar-refractivity contribution in [3.05, 3.63) is 65.0 Å². The fraction of sp³-hybridized carbons (Fsp3) is 0.542. The van der Waals surface area contributed by atoms with E-state index in [0.717, 1.165) is 44.9 Å². The Balaban J connectivity index is 1.38. The molecular formula is C24H31N3O2S. The summed E-state index contributed by atoms with van der Waals surface area (Å²) in [6.07, 6.45) is 10.8. The summed E-state index contributed by atoms with van der Waals surface area (Å²) in [5.74, 6) is 0.774. The van der Waals surface area contributed by atoms with E-state index in [2.05, 4.69) is 34.0 Å². The molecule has 2 aromatic rings. The number of fused-ring (bicyclic) bond motifs is 1. The summed E-state index contributed by atoms with van der Waals surface area (Å²) in [7, 11) is -3.36. The van der Waals surface area contributed by atoms with Gasteiger partial charge in [-0.3, -0.25) is 4.98 Å². The average molecular weight is 426 g/mol. The van der Waals surface area contributed by atoms with Crippen molar-refractivity contribution in [1.29, 1.82) is 0 Å². The van der Waals surface area contributed by atoms with E-state index in [1.807, 2.05) is 25.4 Å². The number of benzene rings is 1. The summed E-state index contributed by atoms with van der Waals surface area (Å²) in [4.78, 5) is 4.22. The van der Waals surface area contributed by atoms with E-state index >= 15 is 0 Å². The van der Waals surface area contributed by atoms with Gasteiger partial charge in [0.1, 0.15) is 0 Å². The molecule has 1 aromatic heterocycles. The van der Waals surface area contributed by atoms with Crippen LogP contribution < -0.4 is 4.72 Å². The molecule has 160 valence electrons. The lowest BCUT2D eigenvalue weighted by Crippen LogP contribution is -2.52. The van der Waals surface area contributed by atoms with E-state index in [0.29, 0.717) is 24.9 Å². The molecule has 5 nitrogen and oxygen atoms in total. The van der Waals surface area contributed by atoms with E-state index in [1.54, 1.807) is 4.31 Å². The van der Waals surface area contributed by atoms with Crippen molar-refractivity contribution >= 4 is 10.2 Å². The fourth-order valence-electron chi connectivity index (χ4n) is 6.00. The molecule has 1 saturated carbocycles. The Morgan fingerprint density at radius 3 is 2.60 bits per heavy atom. The lowest BCUT2D eigenvalue weighted by molar-refractivity contribution is 0.213. The maximum absolute atomic E-state index is 12.8. The van der Waals surface area contributed by atoms with Gasteiger partial charge in [0.15, 0.2) is 0 Å². The van der Waals surface area contributed by atoms with E-state index in [-0.39, 0.29) is 5.54 Å². The second-order valence-corrected chi connectivity index (χ2v) is 11.0. The molecule has 2 fully saturated rings. The first-order chi connectivity index (χ1) is 14.5. The summed E-state index contributed by atoms with van der Waals surface area (Å²) in [5, 5.41) is 0. The molecule has 5 rings (SSSR count). The van der Waals surface area contributed by atoms with E-state index in [9.17, 15) is 8.42 Å². The monoisotopic (exact) mass is 425 g/mol. The molecule has 1 saturated heterocycles. The molecule has 1 aliphatic heterocycles. The second-order valence-electron chi connectivity index (χ2n) is 9.32. The molecule has 1 aromatic carbocycles. The van der Waals surface area contributed by atoms with Crippen molar-refractivity contribution in [2.75, 3.05) is 13.1 Å². The van der Waals surface area contributed by atoms with Crippen LogP contribution >= 0.6 is 0 Å². The minimum absolute atomic E-state index is 0.289. The Hall–Kier alpha value is -1.76. The first-order valence-corrected chi connectivity index (χ1v) is 12.7. The molecule has 0 amide bonds. The first kappa shape index (κ1) is 20.2. The predicted molar refractivity (Wildman–Crippen MR) is 118 cm³/mol. The Kier molecular flexibility index (Phi) is 5.20. The maximum atomic E-state index is 12.8. The Morgan fingerprint density at radius 2 is 1.87 bits per heavy atom.